The van der Waals surface area contributed by atoms with Crippen molar-refractivity contribution in [3.05, 3.63) is 54.1 Å². The van der Waals surface area contributed by atoms with Crippen LogP contribution in [0.15, 0.2) is 48.5 Å². The van der Waals surface area contributed by atoms with E-state index in [2.05, 4.69) is 24.5 Å². The molecule has 0 unspecified atom stereocenters. The molecule has 0 saturated heterocycles. The summed E-state index contributed by atoms with van der Waals surface area (Å²) in [5.41, 5.74) is 1.34. The average molecular weight is 384 g/mol. The second-order valence-electron chi connectivity index (χ2n) is 7.14. The van der Waals surface area contributed by atoms with E-state index in [1.165, 1.54) is 0 Å². The summed E-state index contributed by atoms with van der Waals surface area (Å²) in [6.45, 7) is 8.83. The van der Waals surface area contributed by atoms with Crippen molar-refractivity contribution in [3.8, 4) is 11.5 Å². The van der Waals surface area contributed by atoms with E-state index >= 15 is 0 Å². The predicted octanol–water partition coefficient (Wildman–Crippen LogP) is 3.76. The van der Waals surface area contributed by atoms with Gasteiger partial charge in [0.2, 0.25) is 0 Å². The van der Waals surface area contributed by atoms with Crippen molar-refractivity contribution in [2.24, 2.45) is 5.92 Å². The highest BCUT2D eigenvalue weighted by Gasteiger charge is 2.14. The number of rotatable bonds is 8. The number of ether oxygens (including phenoxy) is 2. The lowest BCUT2D eigenvalue weighted by Gasteiger charge is -2.14. The van der Waals surface area contributed by atoms with Crippen molar-refractivity contribution in [2.45, 2.75) is 40.3 Å². The van der Waals surface area contributed by atoms with Crippen LogP contribution in [0.5, 0.6) is 11.5 Å². The molecule has 0 aliphatic heterocycles. The first-order chi connectivity index (χ1) is 13.3. The largest absolute Gasteiger partial charge is 0.493 e. The Hall–Kier alpha value is -3.02. The number of anilines is 1. The molecule has 2 rings (SSSR count). The van der Waals surface area contributed by atoms with Crippen LogP contribution in [-0.2, 0) is 16.1 Å². The molecule has 0 aliphatic rings. The summed E-state index contributed by atoms with van der Waals surface area (Å²) < 4.78 is 11.3. The molecule has 0 atom stereocenters. The topological polar surface area (TPSA) is 76.7 Å². The van der Waals surface area contributed by atoms with Crippen molar-refractivity contribution in [2.75, 3.05) is 11.9 Å². The summed E-state index contributed by atoms with van der Waals surface area (Å²) in [6.07, 6.45) is 0.0210. The van der Waals surface area contributed by atoms with Gasteiger partial charge < -0.3 is 20.1 Å². The molecule has 0 saturated carbocycles. The van der Waals surface area contributed by atoms with Gasteiger partial charge in [-0.25, -0.2) is 0 Å². The molecule has 150 valence electrons. The molecule has 0 fully saturated rings. The summed E-state index contributed by atoms with van der Waals surface area (Å²) in [7, 11) is 0. The van der Waals surface area contributed by atoms with Crippen molar-refractivity contribution >= 4 is 17.5 Å². The molecule has 2 amide bonds. The van der Waals surface area contributed by atoms with E-state index in [0.717, 1.165) is 11.3 Å². The van der Waals surface area contributed by atoms with Gasteiger partial charge in [-0.3, -0.25) is 9.59 Å². The minimum Gasteiger partial charge on any atom is -0.493 e. The van der Waals surface area contributed by atoms with Crippen LogP contribution in [0.25, 0.3) is 0 Å². The van der Waals surface area contributed by atoms with Crippen LogP contribution in [0.3, 0.4) is 0 Å². The maximum absolute atomic E-state index is 12.1. The molecule has 6 nitrogen and oxygen atoms in total. The smallest absolute Gasteiger partial charge is 0.313 e. The number of para-hydroxylation sites is 1. The van der Waals surface area contributed by atoms with Crippen LogP contribution < -0.4 is 20.1 Å². The van der Waals surface area contributed by atoms with E-state index in [9.17, 15) is 9.59 Å². The molecular formula is C22H28N2O4. The summed E-state index contributed by atoms with van der Waals surface area (Å²) in [5.74, 6) is 0.407. The monoisotopic (exact) mass is 384 g/mol. The fourth-order valence-corrected chi connectivity index (χ4v) is 2.36. The Labute approximate surface area is 166 Å². The van der Waals surface area contributed by atoms with E-state index in [-0.39, 0.29) is 12.6 Å². The molecule has 6 heteroatoms. The van der Waals surface area contributed by atoms with Gasteiger partial charge in [0.25, 0.3) is 0 Å². The normalized spacial score (nSPS) is 10.6. The number of hydrogen-bond donors (Lipinski definition) is 2. The second kappa shape index (κ2) is 10.3. The Morgan fingerprint density at radius 3 is 2.25 bits per heavy atom. The number of nitrogens with one attached hydrogen (secondary N) is 2. The van der Waals surface area contributed by atoms with Crippen LogP contribution in [0.2, 0.25) is 0 Å². The summed E-state index contributed by atoms with van der Waals surface area (Å²) in [4.78, 5) is 24.2. The van der Waals surface area contributed by atoms with Gasteiger partial charge in [-0.15, -0.1) is 0 Å². The molecule has 2 N–H and O–H groups in total. The van der Waals surface area contributed by atoms with Gasteiger partial charge in [0, 0.05) is 17.8 Å². The highest BCUT2D eigenvalue weighted by atomic mass is 16.5. The molecule has 2 aromatic carbocycles. The van der Waals surface area contributed by atoms with Crippen molar-refractivity contribution in [1.29, 1.82) is 0 Å². The van der Waals surface area contributed by atoms with Gasteiger partial charge in [0.15, 0.2) is 0 Å². The van der Waals surface area contributed by atoms with Crippen LogP contribution in [0.1, 0.15) is 33.3 Å². The van der Waals surface area contributed by atoms with Gasteiger partial charge >= 0.3 is 11.8 Å². The SMILES string of the molecule is CC(C)COc1ccc(NC(=O)C(=O)NCc2ccccc2OC(C)C)cc1. The molecule has 0 heterocycles. The summed E-state index contributed by atoms with van der Waals surface area (Å²) >= 11 is 0. The molecule has 0 spiro atoms. The Kier molecular flexibility index (Phi) is 7.87. The van der Waals surface area contributed by atoms with E-state index < -0.39 is 11.8 Å². The lowest BCUT2D eigenvalue weighted by Crippen LogP contribution is -2.35. The average Bonchev–Trinajstić information content (AvgIpc) is 2.66. The van der Waals surface area contributed by atoms with Crippen molar-refractivity contribution in [3.63, 3.8) is 0 Å². The fourth-order valence-electron chi connectivity index (χ4n) is 2.36. The number of carbonyl (C=O) groups excluding carboxylic acids is 2. The molecule has 28 heavy (non-hydrogen) atoms. The molecule has 2 aromatic rings. The van der Waals surface area contributed by atoms with Crippen molar-refractivity contribution < 1.29 is 19.1 Å². The second-order valence-corrected chi connectivity index (χ2v) is 7.14. The third-order valence-electron chi connectivity index (χ3n) is 3.68. The molecule has 0 aliphatic carbocycles. The number of amides is 2. The standard InChI is InChI=1S/C22H28N2O4/c1-15(2)14-27-19-11-9-18(10-12-19)24-22(26)21(25)23-13-17-7-5-6-8-20(17)28-16(3)4/h5-12,15-16H,13-14H2,1-4H3,(H,23,25)(H,24,26). The summed E-state index contributed by atoms with van der Waals surface area (Å²) in [6, 6.07) is 14.3. The highest BCUT2D eigenvalue weighted by Crippen LogP contribution is 2.19. The maximum Gasteiger partial charge on any atom is 0.313 e. The van der Waals surface area contributed by atoms with Gasteiger partial charge in [-0.05, 0) is 50.1 Å². The summed E-state index contributed by atoms with van der Waals surface area (Å²) in [5, 5.41) is 5.20. The van der Waals surface area contributed by atoms with Crippen LogP contribution in [-0.4, -0.2) is 24.5 Å². The zero-order valence-electron chi connectivity index (χ0n) is 16.8. The number of hydrogen-bond acceptors (Lipinski definition) is 4. The Morgan fingerprint density at radius 1 is 0.929 bits per heavy atom. The Bertz CT molecular complexity index is 785. The first-order valence-corrected chi connectivity index (χ1v) is 9.41. The maximum atomic E-state index is 12.1. The molecular weight excluding hydrogens is 356 g/mol. The fraction of sp³-hybridized carbons (Fsp3) is 0.364. The lowest BCUT2D eigenvalue weighted by atomic mass is 10.2. The number of benzene rings is 2. The molecule has 0 radical (unpaired) electrons. The number of carbonyl (C=O) groups is 2. The minimum atomic E-state index is -0.724. The van der Waals surface area contributed by atoms with Gasteiger partial charge in [-0.2, -0.15) is 0 Å². The van der Waals surface area contributed by atoms with Crippen LogP contribution in [0, 0.1) is 5.92 Å². The zero-order chi connectivity index (χ0) is 20.5. The van der Waals surface area contributed by atoms with Crippen LogP contribution >= 0.6 is 0 Å². The third kappa shape index (κ3) is 6.95. The van der Waals surface area contributed by atoms with Gasteiger partial charge in [0.05, 0.1) is 12.7 Å². The molecule has 0 aromatic heterocycles. The Morgan fingerprint density at radius 2 is 1.61 bits per heavy atom. The van der Waals surface area contributed by atoms with E-state index in [1.54, 1.807) is 24.3 Å². The third-order valence-corrected chi connectivity index (χ3v) is 3.68. The first kappa shape index (κ1) is 21.3. The molecule has 0 bridgehead atoms. The first-order valence-electron chi connectivity index (χ1n) is 9.41. The minimum absolute atomic E-state index is 0.0210. The van der Waals surface area contributed by atoms with E-state index in [1.807, 2.05) is 38.1 Å². The van der Waals surface area contributed by atoms with Crippen LogP contribution in [0.4, 0.5) is 5.69 Å². The van der Waals surface area contributed by atoms with E-state index in [4.69, 9.17) is 9.47 Å². The highest BCUT2D eigenvalue weighted by molar-refractivity contribution is 6.39. The lowest BCUT2D eigenvalue weighted by molar-refractivity contribution is -0.136. The predicted molar refractivity (Wildman–Crippen MR) is 109 cm³/mol. The van der Waals surface area contributed by atoms with Gasteiger partial charge in [0.1, 0.15) is 11.5 Å². The zero-order valence-corrected chi connectivity index (χ0v) is 16.8. The quantitative estimate of drug-likeness (QED) is 0.680. The van der Waals surface area contributed by atoms with Gasteiger partial charge in [-0.1, -0.05) is 32.0 Å². The Balaban J connectivity index is 1.87. The van der Waals surface area contributed by atoms with E-state index in [0.29, 0.717) is 24.0 Å². The van der Waals surface area contributed by atoms with Crippen molar-refractivity contribution in [1.82, 2.24) is 5.32 Å².